The Morgan fingerprint density at radius 2 is 1.11 bits per heavy atom. The number of carbonyl (C=O) groups is 4. The van der Waals surface area contributed by atoms with E-state index in [4.69, 9.17) is 30.3 Å². The quantitative estimate of drug-likeness (QED) is 0.309. The van der Waals surface area contributed by atoms with E-state index in [0.717, 1.165) is 6.92 Å². The molecule has 0 saturated heterocycles. The second kappa shape index (κ2) is 12.9. The zero-order chi connectivity index (χ0) is 14.2. The van der Waals surface area contributed by atoms with Crippen LogP contribution in [0.15, 0.2) is 0 Å². The average molecular weight is 300 g/mol. The summed E-state index contributed by atoms with van der Waals surface area (Å²) in [6.45, 7) is 1.08. The van der Waals surface area contributed by atoms with Gasteiger partial charge in [-0.1, -0.05) is 0 Å². The molecular formula is C8H14Na2O9. The normalized spacial score (nSPS) is 8.74. The van der Waals surface area contributed by atoms with Crippen LogP contribution in [-0.2, 0) is 19.2 Å². The fourth-order valence-electron chi connectivity index (χ4n) is 0.714. The number of aliphatic hydroxyl groups is 1. The molecule has 0 spiro atoms. The van der Waals surface area contributed by atoms with E-state index in [9.17, 15) is 14.4 Å². The van der Waals surface area contributed by atoms with Crippen LogP contribution in [-0.4, -0.2) is 55.0 Å². The van der Waals surface area contributed by atoms with Crippen molar-refractivity contribution in [1.82, 2.24) is 0 Å². The van der Waals surface area contributed by atoms with Crippen LogP contribution in [0.3, 0.4) is 0 Å². The average Bonchev–Trinajstić information content (AvgIpc) is 1.98. The zero-order valence-corrected chi connectivity index (χ0v) is 14.8. The van der Waals surface area contributed by atoms with Gasteiger partial charge in [-0.2, -0.15) is 0 Å². The predicted octanol–water partition coefficient (Wildman–Crippen LogP) is -6.92. The first-order valence-corrected chi connectivity index (χ1v) is 4.10. The third kappa shape index (κ3) is 17.8. The molecule has 0 aliphatic heterocycles. The third-order valence-electron chi connectivity index (χ3n) is 1.29. The summed E-state index contributed by atoms with van der Waals surface area (Å²) in [5.74, 6) is -5.85. The van der Waals surface area contributed by atoms with Gasteiger partial charge in [-0.15, -0.1) is 0 Å². The molecule has 0 aliphatic rings. The molecule has 0 bridgehead atoms. The minimum Gasteiger partial charge on any atom is -1.00 e. The van der Waals surface area contributed by atoms with Crippen LogP contribution >= 0.6 is 0 Å². The van der Waals surface area contributed by atoms with E-state index in [1.807, 2.05) is 0 Å². The van der Waals surface area contributed by atoms with E-state index < -0.39 is 42.3 Å². The summed E-state index contributed by atoms with van der Waals surface area (Å²) in [5.41, 5.74) is -2.74. The number of carboxylic acid groups (broad SMARTS) is 4. The Balaban J connectivity index is -0.0000000629. The molecule has 0 unspecified atom stereocenters. The molecule has 0 fully saturated rings. The van der Waals surface area contributed by atoms with Gasteiger partial charge in [0.15, 0.2) is 5.60 Å². The summed E-state index contributed by atoms with van der Waals surface area (Å²) in [6, 6.07) is 0. The van der Waals surface area contributed by atoms with Gasteiger partial charge in [0.25, 0.3) is 5.97 Å². The second-order valence-electron chi connectivity index (χ2n) is 3.00. The topological polar surface area (TPSA) is 169 Å². The summed E-state index contributed by atoms with van der Waals surface area (Å²) < 4.78 is 0. The molecule has 0 aliphatic carbocycles. The van der Waals surface area contributed by atoms with Gasteiger partial charge in [0.2, 0.25) is 0 Å². The fourth-order valence-corrected chi connectivity index (χ4v) is 0.714. The molecule has 0 aromatic carbocycles. The predicted molar refractivity (Wildman–Crippen MR) is 52.6 cm³/mol. The summed E-state index contributed by atoms with van der Waals surface area (Å²) in [6.07, 6.45) is -2.29. The van der Waals surface area contributed by atoms with Crippen molar-refractivity contribution in [2.24, 2.45) is 0 Å². The van der Waals surface area contributed by atoms with Gasteiger partial charge in [0.1, 0.15) is 0 Å². The Morgan fingerprint density at radius 3 is 1.21 bits per heavy atom. The maximum atomic E-state index is 10.3. The molecule has 0 heterocycles. The van der Waals surface area contributed by atoms with Crippen LogP contribution in [0, 0.1) is 0 Å². The minimum absolute atomic E-state index is 0. The summed E-state index contributed by atoms with van der Waals surface area (Å²) in [4.78, 5) is 39.5. The van der Waals surface area contributed by atoms with Gasteiger partial charge in [0, 0.05) is 6.92 Å². The van der Waals surface area contributed by atoms with Crippen LogP contribution < -0.4 is 59.1 Å². The monoisotopic (exact) mass is 300 g/mol. The number of rotatable bonds is 5. The van der Waals surface area contributed by atoms with Gasteiger partial charge in [-0.05, 0) is 0 Å². The van der Waals surface area contributed by atoms with Crippen LogP contribution in [0.2, 0.25) is 0 Å². The molecule has 0 atom stereocenters. The molecule has 0 aromatic rings. The van der Waals surface area contributed by atoms with Crippen molar-refractivity contribution < 1.29 is 107 Å². The zero-order valence-electron chi connectivity index (χ0n) is 12.8. The van der Waals surface area contributed by atoms with Crippen molar-refractivity contribution in [3.8, 4) is 0 Å². The van der Waals surface area contributed by atoms with E-state index in [1.165, 1.54) is 0 Å². The van der Waals surface area contributed by atoms with E-state index in [0.29, 0.717) is 0 Å². The van der Waals surface area contributed by atoms with Crippen molar-refractivity contribution >= 4 is 23.9 Å². The molecule has 102 valence electrons. The summed E-state index contributed by atoms with van der Waals surface area (Å²) in [5, 5.41) is 41.2. The largest absolute Gasteiger partial charge is 1.00 e. The standard InChI is InChI=1S/C6H8O7.C2H4O2.2Na.2H/c7-3(8)1-6(13,5(11)12)2-4(9)10;1-2(3)4;;;;/h13H,1-2H2,(H,7,8)(H,9,10)(H,11,12);1H3,(H,3,4);;;;/q;;2*+1;2*-1. The van der Waals surface area contributed by atoms with E-state index in [2.05, 4.69) is 0 Å². The van der Waals surface area contributed by atoms with Crippen LogP contribution in [0.25, 0.3) is 0 Å². The number of hydrogen-bond acceptors (Lipinski definition) is 5. The minimum atomic E-state index is -2.74. The number of aliphatic carboxylic acids is 4. The van der Waals surface area contributed by atoms with E-state index in [1.54, 1.807) is 0 Å². The first-order chi connectivity index (χ1) is 7.51. The van der Waals surface area contributed by atoms with Gasteiger partial charge in [-0.25, -0.2) is 4.79 Å². The Bertz CT molecular complexity index is 318. The molecule has 0 rings (SSSR count). The fraction of sp³-hybridized carbons (Fsp3) is 0.500. The SMILES string of the molecule is CC(=O)O.O=C(O)CC(O)(CC(=O)O)C(=O)O.[H-].[H-].[Na+].[Na+]. The van der Waals surface area contributed by atoms with Gasteiger partial charge < -0.3 is 28.4 Å². The van der Waals surface area contributed by atoms with Crippen LogP contribution in [0.4, 0.5) is 0 Å². The number of carboxylic acids is 4. The molecule has 5 N–H and O–H groups in total. The van der Waals surface area contributed by atoms with Crippen molar-refractivity contribution in [2.45, 2.75) is 25.4 Å². The molecule has 11 heteroatoms. The molecule has 0 aromatic heterocycles. The molecule has 9 nitrogen and oxygen atoms in total. The third-order valence-corrected chi connectivity index (χ3v) is 1.29. The van der Waals surface area contributed by atoms with Gasteiger partial charge in [-0.3, -0.25) is 14.4 Å². The summed E-state index contributed by atoms with van der Waals surface area (Å²) >= 11 is 0. The first-order valence-electron chi connectivity index (χ1n) is 4.10. The number of hydrogen-bond donors (Lipinski definition) is 5. The Kier molecular flexibility index (Phi) is 18.4. The summed E-state index contributed by atoms with van der Waals surface area (Å²) in [7, 11) is 0. The maximum absolute atomic E-state index is 10.3. The van der Waals surface area contributed by atoms with Crippen molar-refractivity contribution in [3.63, 3.8) is 0 Å². The molecular weight excluding hydrogens is 286 g/mol. The second-order valence-corrected chi connectivity index (χ2v) is 3.00. The van der Waals surface area contributed by atoms with Gasteiger partial charge in [0.05, 0.1) is 12.8 Å². The van der Waals surface area contributed by atoms with E-state index in [-0.39, 0.29) is 62.0 Å². The Hall–Kier alpha value is -0.160. The van der Waals surface area contributed by atoms with Gasteiger partial charge >= 0.3 is 77.0 Å². The molecule has 0 amide bonds. The van der Waals surface area contributed by atoms with Crippen LogP contribution in [0.1, 0.15) is 22.6 Å². The maximum Gasteiger partial charge on any atom is 1.00 e. The van der Waals surface area contributed by atoms with Crippen molar-refractivity contribution in [3.05, 3.63) is 0 Å². The Labute approximate surface area is 155 Å². The van der Waals surface area contributed by atoms with E-state index >= 15 is 0 Å². The molecule has 0 saturated carbocycles. The molecule has 0 radical (unpaired) electrons. The molecule has 19 heavy (non-hydrogen) atoms. The van der Waals surface area contributed by atoms with Crippen molar-refractivity contribution in [1.29, 1.82) is 0 Å². The first kappa shape index (κ1) is 27.2. The van der Waals surface area contributed by atoms with Crippen LogP contribution in [0.5, 0.6) is 0 Å². The Morgan fingerprint density at radius 1 is 0.895 bits per heavy atom. The smallest absolute Gasteiger partial charge is 1.00 e. The van der Waals surface area contributed by atoms with Crippen molar-refractivity contribution in [2.75, 3.05) is 0 Å².